The number of hydrogen-bond acceptors (Lipinski definition) is 4. The third-order valence-electron chi connectivity index (χ3n) is 2.41. The highest BCUT2D eigenvalue weighted by atomic mass is 32.2. The van der Waals surface area contributed by atoms with Crippen molar-refractivity contribution in [2.75, 3.05) is 12.0 Å². The van der Waals surface area contributed by atoms with E-state index in [0.717, 1.165) is 11.1 Å². The number of nitrogens with zero attached hydrogens (tertiary/aromatic N) is 3. The number of thioether (sulfide) groups is 1. The third-order valence-corrected chi connectivity index (χ3v) is 2.95. The number of nitrogens with two attached hydrogens (primary N) is 1. The number of anilines is 1. The average molecular weight is 246 g/mol. The van der Waals surface area contributed by atoms with Gasteiger partial charge in [0.15, 0.2) is 0 Å². The van der Waals surface area contributed by atoms with Crippen LogP contribution < -0.4 is 5.73 Å². The second-order valence-electron chi connectivity index (χ2n) is 3.56. The van der Waals surface area contributed by atoms with Crippen molar-refractivity contribution in [2.45, 2.75) is 11.7 Å². The van der Waals surface area contributed by atoms with Gasteiger partial charge in [-0.25, -0.2) is 4.68 Å². The molecule has 0 bridgehead atoms. The molecule has 5 heteroatoms. The van der Waals surface area contributed by atoms with Crippen LogP contribution in [0.3, 0.4) is 0 Å². The summed E-state index contributed by atoms with van der Waals surface area (Å²) in [5.74, 6) is 0.446. The van der Waals surface area contributed by atoms with E-state index >= 15 is 0 Å². The summed E-state index contributed by atoms with van der Waals surface area (Å²) in [5, 5.41) is 4.99. The standard InChI is InChI=1S/C12H14N4S/c1-3-9-4-6-10(7-5-9)8-16-11(13)14-12(15-16)17-2/h3-7H,1,8H2,2H3,(H2,13,14,15). The van der Waals surface area contributed by atoms with Crippen molar-refractivity contribution in [1.29, 1.82) is 0 Å². The van der Waals surface area contributed by atoms with Crippen LogP contribution in [0.4, 0.5) is 5.95 Å². The second kappa shape index (κ2) is 5.05. The molecule has 17 heavy (non-hydrogen) atoms. The van der Waals surface area contributed by atoms with Gasteiger partial charge < -0.3 is 5.73 Å². The van der Waals surface area contributed by atoms with E-state index in [1.54, 1.807) is 4.68 Å². The summed E-state index contributed by atoms with van der Waals surface area (Å²) in [6, 6.07) is 8.11. The van der Waals surface area contributed by atoms with Gasteiger partial charge in [0.25, 0.3) is 0 Å². The molecule has 0 atom stereocenters. The van der Waals surface area contributed by atoms with E-state index in [2.05, 4.69) is 16.7 Å². The summed E-state index contributed by atoms with van der Waals surface area (Å²) >= 11 is 1.48. The molecule has 0 amide bonds. The van der Waals surface area contributed by atoms with Gasteiger partial charge in [0, 0.05) is 0 Å². The van der Waals surface area contributed by atoms with E-state index in [1.807, 2.05) is 36.6 Å². The largest absolute Gasteiger partial charge is 0.368 e. The minimum atomic E-state index is 0.446. The Bertz CT molecular complexity index is 516. The molecule has 88 valence electrons. The molecule has 1 aromatic heterocycles. The van der Waals surface area contributed by atoms with Gasteiger partial charge in [0.2, 0.25) is 11.1 Å². The van der Waals surface area contributed by atoms with Crippen LogP contribution in [0.25, 0.3) is 6.08 Å². The Morgan fingerprint density at radius 3 is 2.65 bits per heavy atom. The summed E-state index contributed by atoms with van der Waals surface area (Å²) in [5.41, 5.74) is 8.02. The highest BCUT2D eigenvalue weighted by molar-refractivity contribution is 7.98. The Kier molecular flexibility index (Phi) is 3.49. The lowest BCUT2D eigenvalue weighted by atomic mass is 10.1. The SMILES string of the molecule is C=Cc1ccc(Cn2nc(SC)nc2N)cc1. The van der Waals surface area contributed by atoms with Gasteiger partial charge in [-0.15, -0.1) is 5.10 Å². The number of aromatic nitrogens is 3. The summed E-state index contributed by atoms with van der Waals surface area (Å²) in [4.78, 5) is 4.14. The van der Waals surface area contributed by atoms with Crippen LogP contribution >= 0.6 is 11.8 Å². The minimum Gasteiger partial charge on any atom is -0.368 e. The molecule has 0 aliphatic heterocycles. The minimum absolute atomic E-state index is 0.446. The fourth-order valence-corrected chi connectivity index (χ4v) is 1.83. The van der Waals surface area contributed by atoms with E-state index in [-0.39, 0.29) is 0 Å². The van der Waals surface area contributed by atoms with Crippen molar-refractivity contribution < 1.29 is 0 Å². The van der Waals surface area contributed by atoms with Crippen molar-refractivity contribution in [1.82, 2.24) is 14.8 Å². The van der Waals surface area contributed by atoms with E-state index in [0.29, 0.717) is 17.6 Å². The van der Waals surface area contributed by atoms with Crippen molar-refractivity contribution in [3.63, 3.8) is 0 Å². The molecular formula is C12H14N4S. The maximum absolute atomic E-state index is 5.78. The Morgan fingerprint density at radius 2 is 2.12 bits per heavy atom. The fraction of sp³-hybridized carbons (Fsp3) is 0.167. The van der Waals surface area contributed by atoms with Gasteiger partial charge in [0.1, 0.15) is 0 Å². The Labute approximate surface area is 105 Å². The molecule has 0 spiro atoms. The maximum atomic E-state index is 5.78. The number of benzene rings is 1. The lowest BCUT2D eigenvalue weighted by molar-refractivity contribution is 0.675. The van der Waals surface area contributed by atoms with Crippen molar-refractivity contribution in [3.05, 3.63) is 42.0 Å². The number of hydrogen-bond donors (Lipinski definition) is 1. The first-order chi connectivity index (χ1) is 8.22. The van der Waals surface area contributed by atoms with Gasteiger partial charge in [0.05, 0.1) is 6.54 Å². The maximum Gasteiger partial charge on any atom is 0.219 e. The molecule has 0 aliphatic rings. The molecule has 2 N–H and O–H groups in total. The molecule has 2 aromatic rings. The zero-order valence-electron chi connectivity index (χ0n) is 9.63. The topological polar surface area (TPSA) is 56.7 Å². The van der Waals surface area contributed by atoms with Crippen LogP contribution in [0.5, 0.6) is 0 Å². The number of nitrogen functional groups attached to an aromatic ring is 1. The van der Waals surface area contributed by atoms with Crippen molar-refractivity contribution >= 4 is 23.8 Å². The molecule has 1 heterocycles. The molecule has 1 aromatic carbocycles. The van der Waals surface area contributed by atoms with E-state index in [9.17, 15) is 0 Å². The predicted molar refractivity (Wildman–Crippen MR) is 71.9 cm³/mol. The van der Waals surface area contributed by atoms with Gasteiger partial charge in [-0.2, -0.15) is 4.98 Å². The molecule has 0 unspecified atom stereocenters. The molecule has 2 rings (SSSR count). The quantitative estimate of drug-likeness (QED) is 0.841. The molecule has 0 saturated carbocycles. The van der Waals surface area contributed by atoms with Crippen LogP contribution in [-0.4, -0.2) is 21.0 Å². The second-order valence-corrected chi connectivity index (χ2v) is 4.33. The fourth-order valence-electron chi connectivity index (χ4n) is 1.47. The average Bonchev–Trinajstić information content (AvgIpc) is 2.71. The Hall–Kier alpha value is -1.75. The van der Waals surface area contributed by atoms with Gasteiger partial charge in [-0.05, 0) is 17.4 Å². The zero-order chi connectivity index (χ0) is 12.3. The van der Waals surface area contributed by atoms with Gasteiger partial charge in [-0.1, -0.05) is 48.7 Å². The Balaban J connectivity index is 2.18. The van der Waals surface area contributed by atoms with Gasteiger partial charge >= 0.3 is 0 Å². The molecule has 4 nitrogen and oxygen atoms in total. The first-order valence-electron chi connectivity index (χ1n) is 5.18. The van der Waals surface area contributed by atoms with Crippen LogP contribution in [0.1, 0.15) is 11.1 Å². The summed E-state index contributed by atoms with van der Waals surface area (Å²) in [7, 11) is 0. The van der Waals surface area contributed by atoms with Crippen molar-refractivity contribution in [3.8, 4) is 0 Å². The van der Waals surface area contributed by atoms with Crippen LogP contribution in [-0.2, 0) is 6.54 Å². The summed E-state index contributed by atoms with van der Waals surface area (Å²) in [6.45, 7) is 4.36. The normalized spacial score (nSPS) is 10.4. The zero-order valence-corrected chi connectivity index (χ0v) is 10.4. The third kappa shape index (κ3) is 2.68. The molecule has 0 radical (unpaired) electrons. The lowest BCUT2D eigenvalue weighted by Crippen LogP contribution is -2.06. The number of rotatable bonds is 4. The van der Waals surface area contributed by atoms with Crippen LogP contribution in [0, 0.1) is 0 Å². The molecule has 0 fully saturated rings. The summed E-state index contributed by atoms with van der Waals surface area (Å²) in [6.07, 6.45) is 3.75. The summed E-state index contributed by atoms with van der Waals surface area (Å²) < 4.78 is 1.70. The highest BCUT2D eigenvalue weighted by Gasteiger charge is 2.06. The van der Waals surface area contributed by atoms with E-state index in [4.69, 9.17) is 5.73 Å². The molecule has 0 aliphatic carbocycles. The van der Waals surface area contributed by atoms with E-state index in [1.165, 1.54) is 11.8 Å². The predicted octanol–water partition coefficient (Wildman–Crippen LogP) is 2.27. The van der Waals surface area contributed by atoms with Crippen LogP contribution in [0.15, 0.2) is 36.0 Å². The lowest BCUT2D eigenvalue weighted by Gasteiger charge is -2.03. The Morgan fingerprint density at radius 1 is 1.41 bits per heavy atom. The van der Waals surface area contributed by atoms with Gasteiger partial charge in [-0.3, -0.25) is 0 Å². The van der Waals surface area contributed by atoms with Crippen LogP contribution in [0.2, 0.25) is 0 Å². The molecular weight excluding hydrogens is 232 g/mol. The van der Waals surface area contributed by atoms with Crippen molar-refractivity contribution in [2.24, 2.45) is 0 Å². The highest BCUT2D eigenvalue weighted by Crippen LogP contribution is 2.13. The molecule has 0 saturated heterocycles. The smallest absolute Gasteiger partial charge is 0.219 e. The monoisotopic (exact) mass is 246 g/mol. The van der Waals surface area contributed by atoms with E-state index < -0.39 is 0 Å². The first kappa shape index (κ1) is 11.7. The first-order valence-corrected chi connectivity index (χ1v) is 6.41.